The van der Waals surface area contributed by atoms with Crippen molar-refractivity contribution in [3.63, 3.8) is 0 Å². The monoisotopic (exact) mass is 604 g/mol. The van der Waals surface area contributed by atoms with E-state index in [1.165, 1.54) is 0 Å². The van der Waals surface area contributed by atoms with Gasteiger partial charge in [0.05, 0.1) is 37.5 Å². The van der Waals surface area contributed by atoms with E-state index in [1.54, 1.807) is 30.0 Å². The molecule has 2 aromatic rings. The molecule has 0 aliphatic carbocycles. The molecule has 0 spiro atoms. The molecule has 2 saturated heterocycles. The van der Waals surface area contributed by atoms with E-state index in [9.17, 15) is 19.2 Å². The topological polar surface area (TPSA) is 115 Å². The average Bonchev–Trinajstić information content (AvgIpc) is 3.56. The summed E-state index contributed by atoms with van der Waals surface area (Å²) in [5.74, 6) is -0.219. The van der Waals surface area contributed by atoms with Crippen molar-refractivity contribution in [2.45, 2.75) is 83.4 Å². The van der Waals surface area contributed by atoms with Gasteiger partial charge in [-0.2, -0.15) is 0 Å². The number of carbonyl (C=O) groups excluding carboxylic acids is 4. The van der Waals surface area contributed by atoms with E-state index in [1.807, 2.05) is 44.2 Å². The lowest BCUT2D eigenvalue weighted by Gasteiger charge is -2.27. The third kappa shape index (κ3) is 7.67. The van der Waals surface area contributed by atoms with Gasteiger partial charge < -0.3 is 24.4 Å². The summed E-state index contributed by atoms with van der Waals surface area (Å²) < 4.78 is 17.3. The Morgan fingerprint density at radius 1 is 0.977 bits per heavy atom. The van der Waals surface area contributed by atoms with E-state index in [0.29, 0.717) is 63.4 Å². The number of amides is 2. The molecule has 236 valence electrons. The number of carbonyl (C=O) groups is 4. The Hall–Kier alpha value is -3.72. The number of nitrogens with one attached hydrogen (secondary N) is 1. The zero-order chi connectivity index (χ0) is 31.3. The molecule has 2 aromatic carbocycles. The zero-order valence-corrected chi connectivity index (χ0v) is 26.0. The fraction of sp³-hybridized carbons (Fsp3) is 0.543. The first-order chi connectivity index (χ1) is 21.1. The predicted octanol–water partition coefficient (Wildman–Crippen LogP) is 4.55. The van der Waals surface area contributed by atoms with Crippen LogP contribution in [0.4, 0.5) is 0 Å². The molecule has 2 bridgehead atoms. The van der Waals surface area contributed by atoms with Gasteiger partial charge in [-0.1, -0.05) is 38.1 Å². The van der Waals surface area contributed by atoms with Gasteiger partial charge in [0.25, 0.3) is 5.91 Å². The van der Waals surface area contributed by atoms with Crippen LogP contribution in [0, 0.1) is 11.8 Å². The maximum atomic E-state index is 13.9. The van der Waals surface area contributed by atoms with Crippen LogP contribution >= 0.6 is 0 Å². The van der Waals surface area contributed by atoms with Gasteiger partial charge in [-0.05, 0) is 81.2 Å². The number of fused-ring (bicyclic) bond motifs is 10. The molecule has 0 unspecified atom stereocenters. The average molecular weight is 605 g/mol. The minimum absolute atomic E-state index is 0.0486. The second-order valence-corrected chi connectivity index (χ2v) is 12.8. The lowest BCUT2D eigenvalue weighted by molar-refractivity contribution is -0.134. The van der Waals surface area contributed by atoms with Gasteiger partial charge >= 0.3 is 0 Å². The number of benzene rings is 2. The predicted molar refractivity (Wildman–Crippen MR) is 165 cm³/mol. The zero-order valence-electron chi connectivity index (χ0n) is 26.0. The molecule has 0 saturated carbocycles. The van der Waals surface area contributed by atoms with E-state index < -0.39 is 23.6 Å². The molecule has 2 fully saturated rings. The van der Waals surface area contributed by atoms with Crippen molar-refractivity contribution >= 4 is 23.4 Å². The molecule has 4 aliphatic rings. The van der Waals surface area contributed by atoms with Gasteiger partial charge in [-0.25, -0.2) is 0 Å². The Balaban J connectivity index is 1.42. The second-order valence-electron chi connectivity index (χ2n) is 12.8. The minimum atomic E-state index is -0.875. The molecule has 44 heavy (non-hydrogen) atoms. The largest absolute Gasteiger partial charge is 0.494 e. The molecule has 9 nitrogen and oxygen atoms in total. The molecular weight excluding hydrogens is 560 g/mol. The molecule has 1 N–H and O–H groups in total. The van der Waals surface area contributed by atoms with Gasteiger partial charge in [0, 0.05) is 18.9 Å². The van der Waals surface area contributed by atoms with Crippen LogP contribution in [-0.2, 0) is 25.5 Å². The van der Waals surface area contributed by atoms with Crippen LogP contribution in [0.1, 0.15) is 75.2 Å². The van der Waals surface area contributed by atoms with Crippen LogP contribution in [0.3, 0.4) is 0 Å². The van der Waals surface area contributed by atoms with Crippen molar-refractivity contribution < 1.29 is 33.4 Å². The summed E-state index contributed by atoms with van der Waals surface area (Å²) in [6.07, 6.45) is 3.52. The Morgan fingerprint density at radius 2 is 1.68 bits per heavy atom. The summed E-state index contributed by atoms with van der Waals surface area (Å²) in [4.78, 5) is 56.5. The quantitative estimate of drug-likeness (QED) is 0.481. The molecule has 2 amide bonds. The van der Waals surface area contributed by atoms with Crippen LogP contribution in [0.5, 0.6) is 11.5 Å². The van der Waals surface area contributed by atoms with Crippen LogP contribution in [-0.4, -0.2) is 72.3 Å². The Labute approximate surface area is 259 Å². The number of hydrogen-bond donors (Lipinski definition) is 1. The Kier molecular flexibility index (Phi) is 10.0. The first-order valence-electron chi connectivity index (χ1n) is 15.9. The molecule has 4 heterocycles. The lowest BCUT2D eigenvalue weighted by atomic mass is 9.88. The molecule has 9 heteroatoms. The van der Waals surface area contributed by atoms with Crippen LogP contribution in [0.25, 0.3) is 0 Å². The van der Waals surface area contributed by atoms with Gasteiger partial charge in [-0.15, -0.1) is 0 Å². The number of rotatable bonds is 6. The highest BCUT2D eigenvalue weighted by Gasteiger charge is 2.50. The summed E-state index contributed by atoms with van der Waals surface area (Å²) in [5.41, 5.74) is 0.438. The molecule has 4 atom stereocenters. The number of ether oxygens (including phenoxy) is 3. The third-order valence-electron chi connectivity index (χ3n) is 8.73. The van der Waals surface area contributed by atoms with Gasteiger partial charge in [0.15, 0.2) is 11.6 Å². The van der Waals surface area contributed by atoms with Crippen molar-refractivity contribution in [3.05, 3.63) is 59.7 Å². The number of hydrogen-bond acceptors (Lipinski definition) is 7. The van der Waals surface area contributed by atoms with Crippen LogP contribution in [0.2, 0.25) is 0 Å². The normalized spacial score (nSPS) is 25.0. The first-order valence-corrected chi connectivity index (χ1v) is 15.9. The lowest BCUT2D eigenvalue weighted by Crippen LogP contribution is -2.49. The van der Waals surface area contributed by atoms with Crippen molar-refractivity contribution in [2.24, 2.45) is 11.8 Å². The fourth-order valence-electron chi connectivity index (χ4n) is 6.10. The van der Waals surface area contributed by atoms with E-state index in [-0.39, 0.29) is 35.7 Å². The maximum absolute atomic E-state index is 13.9. The second kappa shape index (κ2) is 13.9. The summed E-state index contributed by atoms with van der Waals surface area (Å²) in [6, 6.07) is 13.4. The highest BCUT2D eigenvalue weighted by molar-refractivity contribution is 6.01. The third-order valence-corrected chi connectivity index (χ3v) is 8.73. The van der Waals surface area contributed by atoms with Gasteiger partial charge in [0.1, 0.15) is 17.1 Å². The Bertz CT molecular complexity index is 1350. The SMILES string of the molecule is CC(C)C[C@H](NC(=O)[C@H]1CC(=O)[C@@H]2CCCN2C(=O)c2ccccc2OCCCCOc2ccc(cc2)C1)C(=O)[C@@]1(C)CO1. The smallest absolute Gasteiger partial charge is 0.258 e. The minimum Gasteiger partial charge on any atom is -0.494 e. The maximum Gasteiger partial charge on any atom is 0.258 e. The summed E-state index contributed by atoms with van der Waals surface area (Å²) in [7, 11) is 0. The number of Topliss-reactive ketones (excluding diaryl/α,β-unsaturated/α-hetero) is 2. The molecule has 4 aliphatic heterocycles. The number of para-hydroxylation sites is 1. The number of nitrogens with zero attached hydrogens (tertiary/aromatic N) is 1. The standard InChI is InChI=1S/C35H44N2O7/c1-23(2)19-28(32(39)35(3)22-44-35)36-33(40)25-20-24-12-14-26(15-13-24)42-17-6-7-18-43-31-11-5-4-9-27(31)34(41)37-16-8-10-29(37)30(38)21-25/h4-5,9,11-15,23,25,28-29H,6-8,10,16-22H2,1-3H3,(H,36,40)/t25-,28+,29+,35-/m1/s1. The highest BCUT2D eigenvalue weighted by atomic mass is 16.6. The Morgan fingerprint density at radius 3 is 2.39 bits per heavy atom. The number of ketones is 2. The van der Waals surface area contributed by atoms with Crippen LogP contribution in [0.15, 0.2) is 48.5 Å². The fourth-order valence-corrected chi connectivity index (χ4v) is 6.10. The molecule has 0 aromatic heterocycles. The van der Waals surface area contributed by atoms with E-state index in [0.717, 1.165) is 24.2 Å². The molecule has 0 radical (unpaired) electrons. The molecule has 6 rings (SSSR count). The van der Waals surface area contributed by atoms with Crippen molar-refractivity contribution in [3.8, 4) is 11.5 Å². The van der Waals surface area contributed by atoms with Crippen molar-refractivity contribution in [1.82, 2.24) is 10.2 Å². The van der Waals surface area contributed by atoms with Crippen molar-refractivity contribution in [2.75, 3.05) is 26.4 Å². The summed E-state index contributed by atoms with van der Waals surface area (Å²) in [6.45, 7) is 7.51. The van der Waals surface area contributed by atoms with E-state index >= 15 is 0 Å². The number of epoxide rings is 1. The molecular formula is C35H44N2O7. The summed E-state index contributed by atoms with van der Waals surface area (Å²) in [5, 5.41) is 2.99. The van der Waals surface area contributed by atoms with Gasteiger partial charge in [-0.3, -0.25) is 19.2 Å². The highest BCUT2D eigenvalue weighted by Crippen LogP contribution is 2.31. The first kappa shape index (κ1) is 31.7. The van der Waals surface area contributed by atoms with Gasteiger partial charge in [0.2, 0.25) is 5.91 Å². The van der Waals surface area contributed by atoms with Crippen molar-refractivity contribution in [1.29, 1.82) is 0 Å². The summed E-state index contributed by atoms with van der Waals surface area (Å²) >= 11 is 0. The van der Waals surface area contributed by atoms with Crippen LogP contribution < -0.4 is 14.8 Å². The van der Waals surface area contributed by atoms with E-state index in [4.69, 9.17) is 14.2 Å². The van der Waals surface area contributed by atoms with E-state index in [2.05, 4.69) is 5.32 Å².